The van der Waals surface area contributed by atoms with E-state index < -0.39 is 32.6 Å². The molecule has 4 nitrogen and oxygen atoms in total. The first-order chi connectivity index (χ1) is 8.77. The molecule has 7 heteroatoms. The molecule has 0 saturated carbocycles. The number of sulfonamides is 1. The zero-order valence-corrected chi connectivity index (χ0v) is 11.7. The van der Waals surface area contributed by atoms with Gasteiger partial charge >= 0.3 is 0 Å². The van der Waals surface area contributed by atoms with Gasteiger partial charge in [-0.3, -0.25) is 0 Å². The van der Waals surface area contributed by atoms with Gasteiger partial charge in [0.1, 0.15) is 4.90 Å². The minimum Gasteiger partial charge on any atom is -0.329 e. The topological polar surface area (TPSA) is 72.2 Å². The van der Waals surface area contributed by atoms with E-state index in [1.54, 1.807) is 0 Å². The van der Waals surface area contributed by atoms with E-state index in [0.29, 0.717) is 6.42 Å². The van der Waals surface area contributed by atoms with Gasteiger partial charge in [-0.25, -0.2) is 21.9 Å². The van der Waals surface area contributed by atoms with Crippen LogP contribution < -0.4 is 10.5 Å². The predicted octanol–water partition coefficient (Wildman–Crippen LogP) is 1.62. The third kappa shape index (κ3) is 4.22. The minimum absolute atomic E-state index is 0.0916. The van der Waals surface area contributed by atoms with Gasteiger partial charge in [-0.1, -0.05) is 19.9 Å². The fraction of sp³-hybridized carbons (Fsp3) is 0.500. The summed E-state index contributed by atoms with van der Waals surface area (Å²) in [6.45, 7) is 3.92. The van der Waals surface area contributed by atoms with Crippen molar-refractivity contribution in [1.29, 1.82) is 0 Å². The van der Waals surface area contributed by atoms with Crippen LogP contribution in [-0.2, 0) is 10.0 Å². The van der Waals surface area contributed by atoms with Gasteiger partial charge in [-0.15, -0.1) is 0 Å². The molecule has 0 heterocycles. The molecular weight excluding hydrogens is 274 g/mol. The lowest BCUT2D eigenvalue weighted by molar-refractivity contribution is 0.457. The van der Waals surface area contributed by atoms with Gasteiger partial charge in [0.2, 0.25) is 10.0 Å². The summed E-state index contributed by atoms with van der Waals surface area (Å²) >= 11 is 0. The molecule has 0 amide bonds. The zero-order valence-electron chi connectivity index (χ0n) is 10.9. The highest BCUT2D eigenvalue weighted by Gasteiger charge is 2.24. The summed E-state index contributed by atoms with van der Waals surface area (Å²) in [5, 5.41) is 0. The summed E-state index contributed by atoms with van der Waals surface area (Å²) in [7, 11) is -4.12. The number of hydrogen-bond acceptors (Lipinski definition) is 3. The maximum Gasteiger partial charge on any atom is 0.243 e. The first-order valence-electron chi connectivity index (χ1n) is 5.94. The van der Waals surface area contributed by atoms with Crippen molar-refractivity contribution in [3.05, 3.63) is 29.8 Å². The maximum absolute atomic E-state index is 13.5. The molecule has 0 radical (unpaired) electrons. The highest BCUT2D eigenvalue weighted by molar-refractivity contribution is 7.89. The Kier molecular flexibility index (Phi) is 5.39. The summed E-state index contributed by atoms with van der Waals surface area (Å²) < 4.78 is 52.8. The summed E-state index contributed by atoms with van der Waals surface area (Å²) in [6.07, 6.45) is 0.521. The number of nitrogens with one attached hydrogen (secondary N) is 1. The summed E-state index contributed by atoms with van der Waals surface area (Å²) in [5.74, 6) is -2.35. The van der Waals surface area contributed by atoms with Crippen LogP contribution in [-0.4, -0.2) is 21.0 Å². The molecule has 0 spiro atoms. The van der Waals surface area contributed by atoms with Crippen LogP contribution >= 0.6 is 0 Å². The molecule has 0 aromatic heterocycles. The van der Waals surface area contributed by atoms with Crippen LogP contribution in [0.25, 0.3) is 0 Å². The molecule has 0 saturated heterocycles. The second-order valence-corrected chi connectivity index (χ2v) is 6.42. The van der Waals surface area contributed by atoms with Gasteiger partial charge in [0.25, 0.3) is 0 Å². The number of hydrogen-bond donors (Lipinski definition) is 2. The fourth-order valence-corrected chi connectivity index (χ4v) is 3.09. The normalized spacial score (nSPS) is 13.8. The average molecular weight is 292 g/mol. The molecule has 1 unspecified atom stereocenters. The Morgan fingerprint density at radius 2 is 1.95 bits per heavy atom. The van der Waals surface area contributed by atoms with Crippen molar-refractivity contribution in [2.24, 2.45) is 11.7 Å². The lowest BCUT2D eigenvalue weighted by Gasteiger charge is -2.19. The number of benzene rings is 1. The van der Waals surface area contributed by atoms with Crippen LogP contribution in [0.1, 0.15) is 20.3 Å². The molecule has 19 heavy (non-hydrogen) atoms. The smallest absolute Gasteiger partial charge is 0.243 e. The SMILES string of the molecule is CC(C)CC(CN)NS(=O)(=O)c1cccc(F)c1F. The summed E-state index contributed by atoms with van der Waals surface area (Å²) in [4.78, 5) is -0.699. The van der Waals surface area contributed by atoms with E-state index in [4.69, 9.17) is 5.73 Å². The van der Waals surface area contributed by atoms with E-state index >= 15 is 0 Å². The van der Waals surface area contributed by atoms with E-state index in [2.05, 4.69) is 4.72 Å². The number of rotatable bonds is 6. The Hall–Kier alpha value is -1.05. The molecule has 1 atom stereocenters. The minimum atomic E-state index is -4.12. The van der Waals surface area contributed by atoms with Crippen molar-refractivity contribution < 1.29 is 17.2 Å². The quantitative estimate of drug-likeness (QED) is 0.837. The Labute approximate surface area is 112 Å². The molecule has 1 rings (SSSR count). The predicted molar refractivity (Wildman–Crippen MR) is 69.0 cm³/mol. The number of halogens is 2. The lowest BCUT2D eigenvalue weighted by Crippen LogP contribution is -2.41. The first kappa shape index (κ1) is 16.0. The van der Waals surface area contributed by atoms with E-state index in [-0.39, 0.29) is 12.5 Å². The zero-order chi connectivity index (χ0) is 14.6. The Bertz CT molecular complexity index is 533. The summed E-state index contributed by atoms with van der Waals surface area (Å²) in [6, 6.07) is 2.52. The standard InChI is InChI=1S/C12H18F2N2O2S/c1-8(2)6-9(7-15)16-19(17,18)11-5-3-4-10(13)12(11)14/h3-5,8-9,16H,6-7,15H2,1-2H3. The van der Waals surface area contributed by atoms with Gasteiger partial charge in [0.05, 0.1) is 0 Å². The van der Waals surface area contributed by atoms with Gasteiger partial charge in [0.15, 0.2) is 11.6 Å². The van der Waals surface area contributed by atoms with Crippen molar-refractivity contribution >= 4 is 10.0 Å². The van der Waals surface area contributed by atoms with E-state index in [0.717, 1.165) is 18.2 Å². The summed E-state index contributed by atoms with van der Waals surface area (Å²) in [5.41, 5.74) is 5.48. The first-order valence-corrected chi connectivity index (χ1v) is 7.42. The molecule has 1 aromatic carbocycles. The molecular formula is C12H18F2N2O2S. The van der Waals surface area contributed by atoms with E-state index in [1.807, 2.05) is 13.8 Å². The van der Waals surface area contributed by atoms with Crippen LogP contribution in [0.15, 0.2) is 23.1 Å². The van der Waals surface area contributed by atoms with Gasteiger partial charge in [-0.05, 0) is 24.5 Å². The van der Waals surface area contributed by atoms with Crippen molar-refractivity contribution in [2.45, 2.75) is 31.2 Å². The molecule has 0 aliphatic rings. The van der Waals surface area contributed by atoms with Crippen molar-refractivity contribution in [3.63, 3.8) is 0 Å². The Morgan fingerprint density at radius 1 is 1.32 bits per heavy atom. The van der Waals surface area contributed by atoms with Crippen LogP contribution in [0.3, 0.4) is 0 Å². The average Bonchev–Trinajstić information content (AvgIpc) is 2.30. The van der Waals surface area contributed by atoms with Crippen LogP contribution in [0.4, 0.5) is 8.78 Å². The molecule has 0 fully saturated rings. The van der Waals surface area contributed by atoms with Gasteiger partial charge in [-0.2, -0.15) is 0 Å². The van der Waals surface area contributed by atoms with Gasteiger partial charge < -0.3 is 5.73 Å². The van der Waals surface area contributed by atoms with Crippen LogP contribution in [0.2, 0.25) is 0 Å². The maximum atomic E-state index is 13.5. The second-order valence-electron chi connectivity index (χ2n) is 4.74. The molecule has 0 aliphatic carbocycles. The van der Waals surface area contributed by atoms with Gasteiger partial charge in [0, 0.05) is 12.6 Å². The lowest BCUT2D eigenvalue weighted by atomic mass is 10.1. The Balaban J connectivity index is 3.01. The molecule has 1 aromatic rings. The highest BCUT2D eigenvalue weighted by atomic mass is 32.2. The van der Waals surface area contributed by atoms with Crippen molar-refractivity contribution in [2.75, 3.05) is 6.54 Å². The number of nitrogens with two attached hydrogens (primary N) is 1. The van der Waals surface area contributed by atoms with Crippen molar-refractivity contribution in [3.8, 4) is 0 Å². The molecule has 3 N–H and O–H groups in total. The van der Waals surface area contributed by atoms with E-state index in [1.165, 1.54) is 0 Å². The van der Waals surface area contributed by atoms with Crippen LogP contribution in [0.5, 0.6) is 0 Å². The Morgan fingerprint density at radius 3 is 2.47 bits per heavy atom. The fourth-order valence-electron chi connectivity index (χ4n) is 1.74. The monoisotopic (exact) mass is 292 g/mol. The van der Waals surface area contributed by atoms with Crippen molar-refractivity contribution in [1.82, 2.24) is 4.72 Å². The molecule has 0 bridgehead atoms. The highest BCUT2D eigenvalue weighted by Crippen LogP contribution is 2.17. The second kappa shape index (κ2) is 6.40. The molecule has 0 aliphatic heterocycles. The third-order valence-electron chi connectivity index (χ3n) is 2.57. The van der Waals surface area contributed by atoms with Crippen LogP contribution in [0, 0.1) is 17.6 Å². The largest absolute Gasteiger partial charge is 0.329 e. The molecule has 108 valence electrons. The van der Waals surface area contributed by atoms with E-state index in [9.17, 15) is 17.2 Å². The third-order valence-corrected chi connectivity index (χ3v) is 4.11.